The molecule has 3 fully saturated rings. The van der Waals surface area contributed by atoms with Gasteiger partial charge in [-0.3, -0.25) is 4.79 Å². The van der Waals surface area contributed by atoms with Gasteiger partial charge in [0.2, 0.25) is 0 Å². The van der Waals surface area contributed by atoms with Crippen LogP contribution in [0.2, 0.25) is 0 Å². The van der Waals surface area contributed by atoms with E-state index in [1.165, 1.54) is 5.54 Å². The molecule has 1 saturated carbocycles. The number of carbonyl (C=O) groups excluding carboxylic acids is 1. The highest BCUT2D eigenvalue weighted by atomic mass is 35.5. The van der Waals surface area contributed by atoms with Crippen LogP contribution in [0.1, 0.15) is 60.3 Å². The molecule has 2 bridgehead atoms. The second-order valence-corrected chi connectivity index (χ2v) is 8.74. The maximum atomic E-state index is 12.0. The van der Waals surface area contributed by atoms with Crippen LogP contribution >= 0.6 is 11.6 Å². The predicted molar refractivity (Wildman–Crippen MR) is 97.1 cm³/mol. The van der Waals surface area contributed by atoms with Gasteiger partial charge in [-0.2, -0.15) is 0 Å². The number of hydrogen-bond donors (Lipinski definition) is 0. The van der Waals surface area contributed by atoms with E-state index in [-0.39, 0.29) is 24.1 Å². The fourth-order valence-corrected chi connectivity index (χ4v) is 5.69. The van der Waals surface area contributed by atoms with Gasteiger partial charge in [-0.1, -0.05) is 39.3 Å². The SMILES string of the molecule is CCC(=O)OC1CC2(C(C)C)OC1(C)C1CCC(C)C1C2OC=CCl. The maximum absolute atomic E-state index is 12.0. The Morgan fingerprint density at radius 1 is 1.40 bits per heavy atom. The highest BCUT2D eigenvalue weighted by Crippen LogP contribution is 2.63. The van der Waals surface area contributed by atoms with Crippen molar-refractivity contribution in [2.75, 3.05) is 0 Å². The minimum Gasteiger partial charge on any atom is -0.494 e. The molecule has 0 radical (unpaired) electrons. The summed E-state index contributed by atoms with van der Waals surface area (Å²) in [5.74, 6) is 1.38. The Hall–Kier alpha value is -0.740. The minimum atomic E-state index is -0.455. The van der Waals surface area contributed by atoms with Crippen LogP contribution in [0.3, 0.4) is 0 Å². The molecule has 7 atom stereocenters. The summed E-state index contributed by atoms with van der Waals surface area (Å²) < 4.78 is 18.8. The van der Waals surface area contributed by atoms with Crippen molar-refractivity contribution < 1.29 is 19.0 Å². The molecule has 0 aromatic carbocycles. The monoisotopic (exact) mass is 370 g/mol. The third kappa shape index (κ3) is 2.80. The molecule has 2 saturated heterocycles. The lowest BCUT2D eigenvalue weighted by Gasteiger charge is -2.53. The molecule has 3 aliphatic rings. The number of esters is 1. The molecule has 0 aromatic heterocycles. The summed E-state index contributed by atoms with van der Waals surface area (Å²) in [6.45, 7) is 10.6. The lowest BCUT2D eigenvalue weighted by Crippen LogP contribution is -2.61. The van der Waals surface area contributed by atoms with E-state index in [1.807, 2.05) is 6.92 Å². The van der Waals surface area contributed by atoms with Crippen LogP contribution in [0.25, 0.3) is 0 Å². The zero-order valence-electron chi connectivity index (χ0n) is 16.0. The van der Waals surface area contributed by atoms with Gasteiger partial charge in [0.05, 0.1) is 6.26 Å². The average molecular weight is 371 g/mol. The van der Waals surface area contributed by atoms with Crippen molar-refractivity contribution in [1.82, 2.24) is 0 Å². The molecule has 7 unspecified atom stereocenters. The Morgan fingerprint density at radius 2 is 2.12 bits per heavy atom. The van der Waals surface area contributed by atoms with Gasteiger partial charge in [-0.05, 0) is 37.5 Å². The quantitative estimate of drug-likeness (QED) is 0.521. The number of ether oxygens (including phenoxy) is 3. The number of hydrogen-bond acceptors (Lipinski definition) is 4. The molecule has 2 aliphatic heterocycles. The lowest BCUT2D eigenvalue weighted by atomic mass is 9.69. The molecular weight excluding hydrogens is 340 g/mol. The zero-order valence-corrected chi connectivity index (χ0v) is 16.7. The van der Waals surface area contributed by atoms with Crippen molar-refractivity contribution in [2.45, 2.75) is 83.7 Å². The van der Waals surface area contributed by atoms with E-state index in [1.54, 1.807) is 6.26 Å². The van der Waals surface area contributed by atoms with E-state index in [9.17, 15) is 4.79 Å². The summed E-state index contributed by atoms with van der Waals surface area (Å²) >= 11 is 5.75. The van der Waals surface area contributed by atoms with E-state index >= 15 is 0 Å². The van der Waals surface area contributed by atoms with Crippen LogP contribution in [-0.2, 0) is 19.0 Å². The fraction of sp³-hybridized carbons (Fsp3) is 0.850. The first-order chi connectivity index (χ1) is 11.8. The second kappa shape index (κ2) is 6.77. The highest BCUT2D eigenvalue weighted by Gasteiger charge is 2.71. The Bertz CT molecular complexity index is 548. The van der Waals surface area contributed by atoms with Gasteiger partial charge in [0.1, 0.15) is 23.4 Å². The smallest absolute Gasteiger partial charge is 0.305 e. The predicted octanol–water partition coefficient (Wildman–Crippen LogP) is 4.65. The standard InChI is InChI=1S/C20H31ClO4/c1-6-16(22)24-15-11-20(12(2)3)18(23-10-9-21)17-13(4)7-8-14(17)19(15,5)25-20/h9-10,12-15,17-18H,6-8,11H2,1-5H3. The van der Waals surface area contributed by atoms with Crippen LogP contribution in [0.5, 0.6) is 0 Å². The zero-order chi connectivity index (χ0) is 18.4. The third-order valence-corrected chi connectivity index (χ3v) is 7.09. The van der Waals surface area contributed by atoms with Crippen molar-refractivity contribution in [3.63, 3.8) is 0 Å². The van der Waals surface area contributed by atoms with Crippen LogP contribution in [-0.4, -0.2) is 29.4 Å². The van der Waals surface area contributed by atoms with Crippen molar-refractivity contribution in [2.24, 2.45) is 23.7 Å². The van der Waals surface area contributed by atoms with Gasteiger partial charge in [-0.15, -0.1) is 0 Å². The van der Waals surface area contributed by atoms with Crippen molar-refractivity contribution >= 4 is 17.6 Å². The number of carbonyl (C=O) groups is 1. The molecular formula is C20H31ClO4. The van der Waals surface area contributed by atoms with Crippen LogP contribution in [0.4, 0.5) is 0 Å². The van der Waals surface area contributed by atoms with Gasteiger partial charge in [0, 0.05) is 24.3 Å². The maximum Gasteiger partial charge on any atom is 0.305 e. The van der Waals surface area contributed by atoms with E-state index in [0.29, 0.717) is 30.6 Å². The second-order valence-electron chi connectivity index (χ2n) is 8.49. The molecule has 25 heavy (non-hydrogen) atoms. The molecule has 0 N–H and O–H groups in total. The summed E-state index contributed by atoms with van der Waals surface area (Å²) in [5, 5.41) is 0. The largest absolute Gasteiger partial charge is 0.494 e. The number of fused-ring (bicyclic) bond motifs is 4. The summed E-state index contributed by atoms with van der Waals surface area (Å²) in [7, 11) is 0. The molecule has 0 aromatic rings. The van der Waals surface area contributed by atoms with Gasteiger partial charge in [0.25, 0.3) is 0 Å². The minimum absolute atomic E-state index is 0.0663. The summed E-state index contributed by atoms with van der Waals surface area (Å²) in [5.41, 5.74) is 0.526. The van der Waals surface area contributed by atoms with Crippen molar-refractivity contribution in [1.29, 1.82) is 0 Å². The van der Waals surface area contributed by atoms with E-state index in [2.05, 4.69) is 27.7 Å². The van der Waals surface area contributed by atoms with Crippen LogP contribution in [0, 0.1) is 23.7 Å². The molecule has 5 heteroatoms. The van der Waals surface area contributed by atoms with Crippen LogP contribution < -0.4 is 0 Å². The first-order valence-corrected chi connectivity index (χ1v) is 10.0. The lowest BCUT2D eigenvalue weighted by molar-refractivity contribution is -0.260. The van der Waals surface area contributed by atoms with E-state index in [4.69, 9.17) is 25.8 Å². The summed E-state index contributed by atoms with van der Waals surface area (Å²) in [4.78, 5) is 12.0. The number of halogens is 1. The molecule has 4 nitrogen and oxygen atoms in total. The molecule has 2 heterocycles. The third-order valence-electron chi connectivity index (χ3n) is 6.99. The van der Waals surface area contributed by atoms with Crippen LogP contribution in [0.15, 0.2) is 11.8 Å². The Morgan fingerprint density at radius 3 is 2.72 bits per heavy atom. The van der Waals surface area contributed by atoms with Crippen molar-refractivity contribution in [3.05, 3.63) is 11.8 Å². The van der Waals surface area contributed by atoms with Crippen molar-refractivity contribution in [3.8, 4) is 0 Å². The van der Waals surface area contributed by atoms with Gasteiger partial charge < -0.3 is 14.2 Å². The Labute approximate surface area is 156 Å². The van der Waals surface area contributed by atoms with E-state index in [0.717, 1.165) is 12.8 Å². The van der Waals surface area contributed by atoms with E-state index < -0.39 is 11.2 Å². The molecule has 142 valence electrons. The Kier molecular flexibility index (Phi) is 5.15. The number of rotatable bonds is 5. The first kappa shape index (κ1) is 19.0. The van der Waals surface area contributed by atoms with Gasteiger partial charge in [0.15, 0.2) is 0 Å². The molecule has 1 aliphatic carbocycles. The average Bonchev–Trinajstić information content (AvgIpc) is 3.07. The van der Waals surface area contributed by atoms with Gasteiger partial charge in [-0.25, -0.2) is 0 Å². The topological polar surface area (TPSA) is 44.8 Å². The fourth-order valence-electron chi connectivity index (χ4n) is 5.63. The normalized spacial score (nSPS) is 45.8. The highest BCUT2D eigenvalue weighted by molar-refractivity contribution is 6.25. The molecule has 0 amide bonds. The first-order valence-electron chi connectivity index (χ1n) is 9.60. The summed E-state index contributed by atoms with van der Waals surface area (Å²) in [6.07, 6.45) is 4.61. The molecule has 0 spiro atoms. The Balaban J connectivity index is 2.04. The molecule has 3 rings (SSSR count). The summed E-state index contributed by atoms with van der Waals surface area (Å²) in [6, 6.07) is 0. The van der Waals surface area contributed by atoms with Gasteiger partial charge >= 0.3 is 5.97 Å².